The number of halogens is 1. The van der Waals surface area contributed by atoms with E-state index in [0.717, 1.165) is 16.7 Å². The Morgan fingerprint density at radius 3 is 2.50 bits per heavy atom. The number of carbonyl (C=O) groups excluding carboxylic acids is 1. The van der Waals surface area contributed by atoms with Gasteiger partial charge in [0.2, 0.25) is 5.91 Å². The van der Waals surface area contributed by atoms with Gasteiger partial charge in [-0.3, -0.25) is 4.79 Å². The SMILES string of the molecule is CC(C)NCc1cc(Br)ccc1N(C)CC(=O)N(C)C. The van der Waals surface area contributed by atoms with Crippen LogP contribution in [0, 0.1) is 0 Å². The number of likely N-dealkylation sites (N-methyl/N-ethyl adjacent to an activating group) is 2. The highest BCUT2D eigenvalue weighted by Gasteiger charge is 2.13. The van der Waals surface area contributed by atoms with Gasteiger partial charge in [-0.2, -0.15) is 0 Å². The largest absolute Gasteiger partial charge is 0.365 e. The molecule has 4 nitrogen and oxygen atoms in total. The lowest BCUT2D eigenvalue weighted by Gasteiger charge is -2.24. The van der Waals surface area contributed by atoms with Gasteiger partial charge in [-0.25, -0.2) is 0 Å². The number of rotatable bonds is 6. The van der Waals surface area contributed by atoms with Gasteiger partial charge in [0.15, 0.2) is 0 Å². The van der Waals surface area contributed by atoms with E-state index >= 15 is 0 Å². The normalized spacial score (nSPS) is 10.8. The Kier molecular flexibility index (Phi) is 6.49. The molecule has 0 aliphatic heterocycles. The molecule has 5 heteroatoms. The Morgan fingerprint density at radius 2 is 1.95 bits per heavy atom. The van der Waals surface area contributed by atoms with Crippen molar-refractivity contribution in [2.45, 2.75) is 26.4 Å². The van der Waals surface area contributed by atoms with Crippen molar-refractivity contribution < 1.29 is 4.79 Å². The third-order valence-corrected chi connectivity index (χ3v) is 3.52. The molecular weight excluding hydrogens is 318 g/mol. The van der Waals surface area contributed by atoms with E-state index in [1.165, 1.54) is 5.56 Å². The summed E-state index contributed by atoms with van der Waals surface area (Å²) in [5.74, 6) is 0.0955. The predicted molar refractivity (Wildman–Crippen MR) is 88.1 cm³/mol. The molecule has 20 heavy (non-hydrogen) atoms. The molecule has 0 aromatic heterocycles. The second-order valence-electron chi connectivity index (χ2n) is 5.45. The number of nitrogens with one attached hydrogen (secondary N) is 1. The van der Waals surface area contributed by atoms with E-state index in [9.17, 15) is 4.79 Å². The topological polar surface area (TPSA) is 35.6 Å². The standard InChI is InChI=1S/C15H24BrN3O/c1-11(2)17-9-12-8-13(16)6-7-14(12)19(5)10-15(20)18(3)4/h6-8,11,17H,9-10H2,1-5H3. The number of amides is 1. The highest BCUT2D eigenvalue weighted by molar-refractivity contribution is 9.10. The molecule has 1 amide bonds. The summed E-state index contributed by atoms with van der Waals surface area (Å²) in [4.78, 5) is 15.4. The monoisotopic (exact) mass is 341 g/mol. The zero-order valence-electron chi connectivity index (χ0n) is 12.9. The summed E-state index contributed by atoms with van der Waals surface area (Å²) >= 11 is 3.51. The molecule has 0 bridgehead atoms. The third kappa shape index (κ3) is 5.13. The molecule has 0 radical (unpaired) electrons. The molecule has 0 fully saturated rings. The van der Waals surface area contributed by atoms with Crippen molar-refractivity contribution in [2.75, 3.05) is 32.6 Å². The van der Waals surface area contributed by atoms with Gasteiger partial charge in [0, 0.05) is 43.9 Å². The van der Waals surface area contributed by atoms with Crippen LogP contribution in [0.2, 0.25) is 0 Å². The molecule has 1 aromatic rings. The molecule has 0 saturated carbocycles. The fourth-order valence-electron chi connectivity index (χ4n) is 1.81. The van der Waals surface area contributed by atoms with Crippen molar-refractivity contribution in [3.63, 3.8) is 0 Å². The highest BCUT2D eigenvalue weighted by atomic mass is 79.9. The first-order valence-corrected chi connectivity index (χ1v) is 7.53. The molecule has 1 aromatic carbocycles. The van der Waals surface area contributed by atoms with Crippen LogP contribution in [0.4, 0.5) is 5.69 Å². The van der Waals surface area contributed by atoms with E-state index in [-0.39, 0.29) is 5.91 Å². The molecule has 0 spiro atoms. The number of hydrogen-bond acceptors (Lipinski definition) is 3. The smallest absolute Gasteiger partial charge is 0.241 e. The molecule has 112 valence electrons. The summed E-state index contributed by atoms with van der Waals surface area (Å²) in [6.07, 6.45) is 0. The quantitative estimate of drug-likeness (QED) is 0.863. The molecule has 0 saturated heterocycles. The van der Waals surface area contributed by atoms with Gasteiger partial charge in [-0.1, -0.05) is 29.8 Å². The lowest BCUT2D eigenvalue weighted by Crippen LogP contribution is -2.35. The number of benzene rings is 1. The van der Waals surface area contributed by atoms with Crippen LogP contribution in [-0.2, 0) is 11.3 Å². The van der Waals surface area contributed by atoms with Crippen molar-refractivity contribution in [3.8, 4) is 0 Å². The Hall–Kier alpha value is -1.07. The van der Waals surface area contributed by atoms with Gasteiger partial charge in [0.05, 0.1) is 6.54 Å². The molecule has 0 heterocycles. The van der Waals surface area contributed by atoms with Crippen LogP contribution >= 0.6 is 15.9 Å². The van der Waals surface area contributed by atoms with Crippen LogP contribution in [0.3, 0.4) is 0 Å². The van der Waals surface area contributed by atoms with E-state index in [0.29, 0.717) is 12.6 Å². The van der Waals surface area contributed by atoms with Crippen molar-refractivity contribution in [2.24, 2.45) is 0 Å². The van der Waals surface area contributed by atoms with Crippen LogP contribution in [0.15, 0.2) is 22.7 Å². The lowest BCUT2D eigenvalue weighted by atomic mass is 10.1. The minimum atomic E-state index is 0.0955. The van der Waals surface area contributed by atoms with Crippen LogP contribution in [0.25, 0.3) is 0 Å². The van der Waals surface area contributed by atoms with E-state index in [1.807, 2.05) is 24.1 Å². The van der Waals surface area contributed by atoms with Crippen LogP contribution in [-0.4, -0.2) is 44.5 Å². The van der Waals surface area contributed by atoms with E-state index < -0.39 is 0 Å². The summed E-state index contributed by atoms with van der Waals surface area (Å²) in [6.45, 7) is 5.41. The lowest BCUT2D eigenvalue weighted by molar-refractivity contribution is -0.127. The fraction of sp³-hybridized carbons (Fsp3) is 0.533. The van der Waals surface area contributed by atoms with Gasteiger partial charge in [0.25, 0.3) is 0 Å². The second-order valence-corrected chi connectivity index (χ2v) is 6.37. The number of anilines is 1. The molecule has 1 rings (SSSR count). The fourth-order valence-corrected chi connectivity index (χ4v) is 2.22. The van der Waals surface area contributed by atoms with Gasteiger partial charge in [0.1, 0.15) is 0 Å². The van der Waals surface area contributed by atoms with Crippen molar-refractivity contribution in [1.82, 2.24) is 10.2 Å². The van der Waals surface area contributed by atoms with E-state index in [1.54, 1.807) is 19.0 Å². The average Bonchev–Trinajstić information content (AvgIpc) is 2.35. The zero-order valence-corrected chi connectivity index (χ0v) is 14.5. The summed E-state index contributed by atoms with van der Waals surface area (Å²) < 4.78 is 1.05. The molecule has 0 aliphatic rings. The average molecular weight is 342 g/mol. The Balaban J connectivity index is 2.89. The number of hydrogen-bond donors (Lipinski definition) is 1. The van der Waals surface area contributed by atoms with Crippen LogP contribution in [0.5, 0.6) is 0 Å². The van der Waals surface area contributed by atoms with E-state index in [2.05, 4.69) is 41.2 Å². The van der Waals surface area contributed by atoms with Crippen molar-refractivity contribution in [1.29, 1.82) is 0 Å². The van der Waals surface area contributed by atoms with Gasteiger partial charge < -0.3 is 15.1 Å². The van der Waals surface area contributed by atoms with Crippen molar-refractivity contribution in [3.05, 3.63) is 28.2 Å². The summed E-state index contributed by atoms with van der Waals surface area (Å²) in [5.41, 5.74) is 2.26. The molecule has 0 atom stereocenters. The first-order chi connectivity index (χ1) is 9.31. The first-order valence-electron chi connectivity index (χ1n) is 6.74. The summed E-state index contributed by atoms with van der Waals surface area (Å²) in [6, 6.07) is 6.58. The Labute approximate surface area is 130 Å². The minimum absolute atomic E-state index is 0.0955. The molecule has 0 unspecified atom stereocenters. The molecular formula is C15H24BrN3O. The second kappa shape index (κ2) is 7.64. The van der Waals surface area contributed by atoms with Gasteiger partial charge >= 0.3 is 0 Å². The minimum Gasteiger partial charge on any atom is -0.365 e. The zero-order chi connectivity index (χ0) is 15.3. The Morgan fingerprint density at radius 1 is 1.30 bits per heavy atom. The molecule has 0 aliphatic carbocycles. The molecule has 1 N–H and O–H groups in total. The van der Waals surface area contributed by atoms with Gasteiger partial charge in [-0.05, 0) is 23.8 Å². The third-order valence-electron chi connectivity index (χ3n) is 3.02. The van der Waals surface area contributed by atoms with Gasteiger partial charge in [-0.15, -0.1) is 0 Å². The number of carbonyl (C=O) groups is 1. The summed E-state index contributed by atoms with van der Waals surface area (Å²) in [7, 11) is 5.50. The van der Waals surface area contributed by atoms with E-state index in [4.69, 9.17) is 0 Å². The van der Waals surface area contributed by atoms with Crippen LogP contribution in [0.1, 0.15) is 19.4 Å². The number of nitrogens with zero attached hydrogens (tertiary/aromatic N) is 2. The van der Waals surface area contributed by atoms with Crippen molar-refractivity contribution >= 4 is 27.5 Å². The predicted octanol–water partition coefficient (Wildman–Crippen LogP) is 2.47. The summed E-state index contributed by atoms with van der Waals surface area (Å²) in [5, 5.41) is 3.42. The Bertz CT molecular complexity index is 460. The maximum Gasteiger partial charge on any atom is 0.241 e. The first kappa shape index (κ1) is 17.0. The maximum atomic E-state index is 11.8. The maximum absolute atomic E-state index is 11.8. The highest BCUT2D eigenvalue weighted by Crippen LogP contribution is 2.24. The van der Waals surface area contributed by atoms with Crippen LogP contribution < -0.4 is 10.2 Å².